The molecule has 0 saturated heterocycles. The third kappa shape index (κ3) is 3.44. The Hall–Kier alpha value is -1.62. The summed E-state index contributed by atoms with van der Waals surface area (Å²) in [6.45, 7) is 1.68. The van der Waals surface area contributed by atoms with E-state index in [1.165, 1.54) is 0 Å². The van der Waals surface area contributed by atoms with Crippen molar-refractivity contribution in [2.75, 3.05) is 0 Å². The summed E-state index contributed by atoms with van der Waals surface area (Å²) in [6.07, 6.45) is -5.54. The number of hydrogen-bond donors (Lipinski definition) is 0. The predicted molar refractivity (Wildman–Crippen MR) is 67.0 cm³/mol. The normalized spacial score (nSPS) is 11.6. The van der Waals surface area contributed by atoms with Crippen LogP contribution in [-0.4, -0.2) is 16.1 Å². The molecule has 0 aliphatic rings. The number of hydrogen-bond acceptors (Lipinski definition) is 2. The van der Waals surface area contributed by atoms with Crippen LogP contribution in [0.15, 0.2) is 30.3 Å². The number of aromatic nitrogens is 2. The third-order valence-corrected chi connectivity index (χ3v) is 2.91. The van der Waals surface area contributed by atoms with Crippen LogP contribution in [0.3, 0.4) is 0 Å². The first kappa shape index (κ1) is 13.8. The molecule has 2 nitrogen and oxygen atoms in total. The van der Waals surface area contributed by atoms with Crippen LogP contribution in [0, 0.1) is 6.92 Å². The van der Waals surface area contributed by atoms with E-state index in [1.807, 2.05) is 6.07 Å². The zero-order valence-electron chi connectivity index (χ0n) is 10.0. The van der Waals surface area contributed by atoms with Gasteiger partial charge in [-0.3, -0.25) is 0 Å². The van der Waals surface area contributed by atoms with Crippen molar-refractivity contribution in [3.05, 3.63) is 46.9 Å². The van der Waals surface area contributed by atoms with Crippen LogP contribution in [0.2, 0.25) is 5.15 Å². The standard InChI is InChI=1S/C13H10ClF3N2/c1-8-11(9-5-3-2-4-6-9)18-10(19-12(8)14)7-13(15,16)17/h2-6H,7H2,1H3. The molecular weight excluding hydrogens is 277 g/mol. The van der Waals surface area contributed by atoms with E-state index in [1.54, 1.807) is 31.2 Å². The highest BCUT2D eigenvalue weighted by Gasteiger charge is 2.30. The van der Waals surface area contributed by atoms with Gasteiger partial charge in [-0.15, -0.1) is 0 Å². The van der Waals surface area contributed by atoms with Crippen LogP contribution in [0.4, 0.5) is 13.2 Å². The number of nitrogens with zero attached hydrogens (tertiary/aromatic N) is 2. The first-order valence-electron chi connectivity index (χ1n) is 5.52. The molecule has 1 aromatic carbocycles. The Morgan fingerprint density at radius 3 is 2.32 bits per heavy atom. The van der Waals surface area contributed by atoms with Gasteiger partial charge in [-0.05, 0) is 6.92 Å². The highest BCUT2D eigenvalue weighted by Crippen LogP contribution is 2.27. The number of alkyl halides is 3. The lowest BCUT2D eigenvalue weighted by Crippen LogP contribution is -2.15. The second kappa shape index (κ2) is 5.17. The minimum Gasteiger partial charge on any atom is -0.232 e. The molecule has 1 heterocycles. The molecular formula is C13H10ClF3N2. The highest BCUT2D eigenvalue weighted by atomic mass is 35.5. The molecule has 6 heteroatoms. The van der Waals surface area contributed by atoms with Crippen LogP contribution < -0.4 is 0 Å². The predicted octanol–water partition coefficient (Wildman–Crippen LogP) is 4.21. The number of benzene rings is 1. The van der Waals surface area contributed by atoms with Crippen LogP contribution in [0.5, 0.6) is 0 Å². The van der Waals surface area contributed by atoms with E-state index in [2.05, 4.69) is 9.97 Å². The van der Waals surface area contributed by atoms with Gasteiger partial charge in [0.25, 0.3) is 0 Å². The minimum atomic E-state index is -4.35. The summed E-state index contributed by atoms with van der Waals surface area (Å²) in [6, 6.07) is 8.92. The van der Waals surface area contributed by atoms with Crippen LogP contribution in [-0.2, 0) is 6.42 Å². The molecule has 0 spiro atoms. The second-order valence-corrected chi connectivity index (χ2v) is 4.42. The summed E-state index contributed by atoms with van der Waals surface area (Å²) >= 11 is 5.88. The Labute approximate surface area is 113 Å². The molecule has 0 bridgehead atoms. The van der Waals surface area contributed by atoms with E-state index >= 15 is 0 Å². The zero-order valence-corrected chi connectivity index (χ0v) is 10.8. The molecule has 0 N–H and O–H groups in total. The molecule has 0 unspecified atom stereocenters. The zero-order chi connectivity index (χ0) is 14.0. The van der Waals surface area contributed by atoms with Crippen LogP contribution in [0.25, 0.3) is 11.3 Å². The average Bonchev–Trinajstić information content (AvgIpc) is 2.33. The molecule has 0 atom stereocenters. The van der Waals surface area contributed by atoms with Gasteiger partial charge in [-0.25, -0.2) is 9.97 Å². The van der Waals surface area contributed by atoms with Crippen molar-refractivity contribution in [1.29, 1.82) is 0 Å². The first-order valence-corrected chi connectivity index (χ1v) is 5.90. The lowest BCUT2D eigenvalue weighted by molar-refractivity contribution is -0.128. The monoisotopic (exact) mass is 286 g/mol. The molecule has 0 fully saturated rings. The van der Waals surface area contributed by atoms with Gasteiger partial charge in [0.2, 0.25) is 0 Å². The fraction of sp³-hybridized carbons (Fsp3) is 0.231. The fourth-order valence-electron chi connectivity index (χ4n) is 1.67. The topological polar surface area (TPSA) is 25.8 Å². The molecule has 0 saturated carbocycles. The number of halogens is 4. The van der Waals surface area contributed by atoms with Gasteiger partial charge in [0, 0.05) is 11.1 Å². The molecule has 2 aromatic rings. The van der Waals surface area contributed by atoms with E-state index in [0.29, 0.717) is 16.8 Å². The summed E-state index contributed by atoms with van der Waals surface area (Å²) in [5.41, 5.74) is 1.71. The van der Waals surface area contributed by atoms with Gasteiger partial charge in [0.05, 0.1) is 5.69 Å². The maximum atomic E-state index is 12.4. The van der Waals surface area contributed by atoms with Gasteiger partial charge in [-0.1, -0.05) is 41.9 Å². The lowest BCUT2D eigenvalue weighted by atomic mass is 10.1. The van der Waals surface area contributed by atoms with E-state index in [0.717, 1.165) is 0 Å². The summed E-state index contributed by atoms with van der Waals surface area (Å²) in [4.78, 5) is 7.65. The summed E-state index contributed by atoms with van der Waals surface area (Å²) < 4.78 is 37.2. The molecule has 0 amide bonds. The van der Waals surface area contributed by atoms with Crippen molar-refractivity contribution in [3.8, 4) is 11.3 Å². The smallest absolute Gasteiger partial charge is 0.232 e. The van der Waals surface area contributed by atoms with Crippen molar-refractivity contribution in [3.63, 3.8) is 0 Å². The van der Waals surface area contributed by atoms with E-state index < -0.39 is 12.6 Å². The van der Waals surface area contributed by atoms with Gasteiger partial charge in [-0.2, -0.15) is 13.2 Å². The Bertz CT molecular complexity index is 582. The SMILES string of the molecule is Cc1c(Cl)nc(CC(F)(F)F)nc1-c1ccccc1. The molecule has 0 radical (unpaired) electrons. The van der Waals surface area contributed by atoms with E-state index in [-0.39, 0.29) is 11.0 Å². The number of rotatable bonds is 2. The van der Waals surface area contributed by atoms with Crippen molar-refractivity contribution in [1.82, 2.24) is 9.97 Å². The quantitative estimate of drug-likeness (QED) is 0.773. The van der Waals surface area contributed by atoms with Crippen LogP contribution >= 0.6 is 11.6 Å². The van der Waals surface area contributed by atoms with Gasteiger partial charge in [0.15, 0.2) is 0 Å². The molecule has 0 aliphatic carbocycles. The molecule has 1 aromatic heterocycles. The van der Waals surface area contributed by atoms with E-state index in [4.69, 9.17) is 11.6 Å². The minimum absolute atomic E-state index is 0.0492. The van der Waals surface area contributed by atoms with Gasteiger partial charge < -0.3 is 0 Å². The fourth-order valence-corrected chi connectivity index (χ4v) is 1.86. The van der Waals surface area contributed by atoms with Crippen molar-refractivity contribution < 1.29 is 13.2 Å². The Balaban J connectivity index is 2.49. The maximum absolute atomic E-state index is 12.4. The largest absolute Gasteiger partial charge is 0.396 e. The third-order valence-electron chi connectivity index (χ3n) is 2.54. The molecule has 2 rings (SSSR count). The van der Waals surface area contributed by atoms with Gasteiger partial charge >= 0.3 is 6.18 Å². The van der Waals surface area contributed by atoms with Crippen molar-refractivity contribution in [2.45, 2.75) is 19.5 Å². The van der Waals surface area contributed by atoms with E-state index in [9.17, 15) is 13.2 Å². The van der Waals surface area contributed by atoms with Gasteiger partial charge in [0.1, 0.15) is 17.4 Å². The average molecular weight is 287 g/mol. The van der Waals surface area contributed by atoms with Crippen molar-refractivity contribution >= 4 is 11.6 Å². The maximum Gasteiger partial charge on any atom is 0.396 e. The summed E-state index contributed by atoms with van der Waals surface area (Å²) in [5.74, 6) is -0.318. The second-order valence-electron chi connectivity index (χ2n) is 4.06. The molecule has 100 valence electrons. The first-order chi connectivity index (χ1) is 8.87. The van der Waals surface area contributed by atoms with Crippen molar-refractivity contribution in [2.24, 2.45) is 0 Å². The lowest BCUT2D eigenvalue weighted by Gasteiger charge is -2.10. The summed E-state index contributed by atoms with van der Waals surface area (Å²) in [5, 5.41) is 0.0492. The Morgan fingerprint density at radius 2 is 1.74 bits per heavy atom. The molecule has 0 aliphatic heterocycles. The molecule has 19 heavy (non-hydrogen) atoms. The summed E-state index contributed by atoms with van der Waals surface area (Å²) in [7, 11) is 0. The Morgan fingerprint density at radius 1 is 1.11 bits per heavy atom. The Kier molecular flexibility index (Phi) is 3.75. The van der Waals surface area contributed by atoms with Crippen LogP contribution in [0.1, 0.15) is 11.4 Å². The highest BCUT2D eigenvalue weighted by molar-refractivity contribution is 6.30.